The summed E-state index contributed by atoms with van der Waals surface area (Å²) in [4.78, 5) is 28.6. The summed E-state index contributed by atoms with van der Waals surface area (Å²) in [5, 5.41) is 3.42. The zero-order chi connectivity index (χ0) is 29.3. The highest BCUT2D eigenvalue weighted by atomic mass is 35.5. The zero-order valence-corrected chi connectivity index (χ0v) is 25.3. The second kappa shape index (κ2) is 14.6. The third-order valence-corrected chi connectivity index (χ3v) is 8.66. The van der Waals surface area contributed by atoms with Crippen molar-refractivity contribution in [2.24, 2.45) is 0 Å². The Morgan fingerprint density at radius 3 is 2.30 bits per heavy atom. The molecule has 3 rings (SSSR count). The average Bonchev–Trinajstić information content (AvgIpc) is 3.43. The Bertz CT molecular complexity index is 1250. The molecule has 0 heterocycles. The number of nitrogens with one attached hydrogen (secondary N) is 1. The lowest BCUT2D eigenvalue weighted by atomic mass is 10.1. The van der Waals surface area contributed by atoms with Crippen molar-refractivity contribution in [3.63, 3.8) is 0 Å². The fourth-order valence-electron chi connectivity index (χ4n) is 5.03. The highest BCUT2D eigenvalue weighted by molar-refractivity contribution is 7.92. The number of carbonyl (C=O) groups excluding carboxylic acids is 2. The van der Waals surface area contributed by atoms with E-state index in [1.165, 1.54) is 17.5 Å². The van der Waals surface area contributed by atoms with Gasteiger partial charge in [0.2, 0.25) is 21.8 Å². The summed E-state index contributed by atoms with van der Waals surface area (Å²) in [7, 11) is -0.572. The number of carbonyl (C=O) groups is 2. The molecule has 0 spiro atoms. The first-order valence-corrected chi connectivity index (χ1v) is 15.8. The number of methoxy groups -OCH3 is 2. The van der Waals surface area contributed by atoms with Crippen molar-refractivity contribution in [2.75, 3.05) is 31.3 Å². The topological polar surface area (TPSA) is 105 Å². The lowest BCUT2D eigenvalue weighted by Gasteiger charge is -2.32. The van der Waals surface area contributed by atoms with Crippen molar-refractivity contribution >= 4 is 39.1 Å². The number of hydrogen-bond acceptors (Lipinski definition) is 6. The average molecular weight is 594 g/mol. The molecule has 0 aliphatic heterocycles. The largest absolute Gasteiger partial charge is 0.497 e. The molecule has 1 N–H and O–H groups in total. The number of halogens is 1. The summed E-state index contributed by atoms with van der Waals surface area (Å²) < 4.78 is 36.8. The summed E-state index contributed by atoms with van der Waals surface area (Å²) in [5.74, 6) is 0.768. The summed E-state index contributed by atoms with van der Waals surface area (Å²) in [5.41, 5.74) is 1.25. The Morgan fingerprint density at radius 2 is 1.75 bits per heavy atom. The molecule has 1 fully saturated rings. The number of hydrogen-bond donors (Lipinski definition) is 1. The molecule has 1 aliphatic carbocycles. The van der Waals surface area contributed by atoms with E-state index >= 15 is 0 Å². The van der Waals surface area contributed by atoms with Crippen LogP contribution in [0.2, 0.25) is 5.02 Å². The van der Waals surface area contributed by atoms with Crippen molar-refractivity contribution in [3.05, 3.63) is 53.1 Å². The van der Waals surface area contributed by atoms with E-state index in [9.17, 15) is 18.0 Å². The van der Waals surface area contributed by atoms with Crippen molar-refractivity contribution in [1.29, 1.82) is 0 Å². The fraction of sp³-hybridized carbons (Fsp3) is 0.517. The van der Waals surface area contributed by atoms with Crippen LogP contribution in [0.1, 0.15) is 57.4 Å². The van der Waals surface area contributed by atoms with Crippen molar-refractivity contribution in [1.82, 2.24) is 10.2 Å². The van der Waals surface area contributed by atoms with Crippen LogP contribution in [0.4, 0.5) is 5.69 Å². The SMILES string of the molecule is CC[C@@H](C(=O)NC1CCCC1)N(Cc1ccc(OC)cc1)C(=O)CCCN(c1ccc(OC)c(Cl)c1)S(C)(=O)=O. The first-order valence-electron chi connectivity index (χ1n) is 13.6. The van der Waals surface area contributed by atoms with Crippen LogP contribution >= 0.6 is 11.6 Å². The van der Waals surface area contributed by atoms with Gasteiger partial charge < -0.3 is 19.7 Å². The number of anilines is 1. The van der Waals surface area contributed by atoms with E-state index in [2.05, 4.69) is 5.32 Å². The van der Waals surface area contributed by atoms with Crippen LogP contribution in [0.5, 0.6) is 11.5 Å². The highest BCUT2D eigenvalue weighted by Crippen LogP contribution is 2.30. The van der Waals surface area contributed by atoms with E-state index in [0.29, 0.717) is 23.6 Å². The highest BCUT2D eigenvalue weighted by Gasteiger charge is 2.30. The molecular weight excluding hydrogens is 554 g/mol. The van der Waals surface area contributed by atoms with Gasteiger partial charge >= 0.3 is 0 Å². The normalized spacial score (nSPS) is 14.4. The van der Waals surface area contributed by atoms with Crippen molar-refractivity contribution in [3.8, 4) is 11.5 Å². The van der Waals surface area contributed by atoms with Crippen molar-refractivity contribution in [2.45, 2.75) is 70.5 Å². The molecule has 0 saturated heterocycles. The molecule has 1 atom stereocenters. The Kier molecular flexibility index (Phi) is 11.5. The lowest BCUT2D eigenvalue weighted by molar-refractivity contribution is -0.141. The molecule has 220 valence electrons. The van der Waals surface area contributed by atoms with E-state index in [4.69, 9.17) is 21.1 Å². The first kappa shape index (κ1) is 31.5. The maximum atomic E-state index is 13.6. The quantitative estimate of drug-likeness (QED) is 0.338. The van der Waals surface area contributed by atoms with Crippen LogP contribution in [0, 0.1) is 0 Å². The van der Waals surface area contributed by atoms with Crippen LogP contribution in [0.3, 0.4) is 0 Å². The van der Waals surface area contributed by atoms with Crippen LogP contribution in [-0.2, 0) is 26.2 Å². The molecule has 1 aliphatic rings. The lowest BCUT2D eigenvalue weighted by Crippen LogP contribution is -2.51. The molecule has 0 radical (unpaired) electrons. The number of amides is 2. The van der Waals surface area contributed by atoms with Gasteiger partial charge in [0.05, 0.1) is 31.2 Å². The van der Waals surface area contributed by atoms with Crippen LogP contribution in [0.15, 0.2) is 42.5 Å². The molecule has 2 aromatic rings. The molecule has 1 saturated carbocycles. The zero-order valence-electron chi connectivity index (χ0n) is 23.7. The Morgan fingerprint density at radius 1 is 1.07 bits per heavy atom. The summed E-state index contributed by atoms with van der Waals surface area (Å²) in [6.45, 7) is 2.23. The predicted molar refractivity (Wildman–Crippen MR) is 157 cm³/mol. The van der Waals surface area contributed by atoms with E-state index in [0.717, 1.165) is 37.5 Å². The van der Waals surface area contributed by atoms with Gasteiger partial charge in [-0.1, -0.05) is 43.5 Å². The minimum atomic E-state index is -3.64. The number of benzene rings is 2. The van der Waals surface area contributed by atoms with Gasteiger partial charge in [0, 0.05) is 25.6 Å². The van der Waals surface area contributed by atoms with Crippen LogP contribution < -0.4 is 19.1 Å². The van der Waals surface area contributed by atoms with Crippen LogP contribution in [0.25, 0.3) is 0 Å². The van der Waals surface area contributed by atoms with Gasteiger partial charge in [-0.3, -0.25) is 13.9 Å². The molecule has 11 heteroatoms. The van der Waals surface area contributed by atoms with E-state index in [1.807, 2.05) is 31.2 Å². The van der Waals surface area contributed by atoms with Gasteiger partial charge in [-0.2, -0.15) is 0 Å². The second-order valence-corrected chi connectivity index (χ2v) is 12.4. The van der Waals surface area contributed by atoms with E-state index < -0.39 is 16.1 Å². The molecule has 9 nitrogen and oxygen atoms in total. The van der Waals surface area contributed by atoms with E-state index in [1.54, 1.807) is 24.1 Å². The standard InChI is InChI=1S/C29H40ClN3O6S/c1-5-26(29(35)31-22-9-6-7-10-22)32(20-21-12-15-24(38-2)16-13-21)28(34)11-8-18-33(40(4,36)37)23-14-17-27(39-3)25(30)19-23/h12-17,19,22,26H,5-11,18,20H2,1-4H3,(H,31,35)/t26-/m0/s1. The van der Waals surface area contributed by atoms with Gasteiger partial charge in [-0.25, -0.2) is 8.42 Å². The molecule has 0 aromatic heterocycles. The molecule has 2 amide bonds. The van der Waals surface area contributed by atoms with E-state index in [-0.39, 0.29) is 48.8 Å². The van der Waals surface area contributed by atoms with Gasteiger partial charge in [-0.15, -0.1) is 0 Å². The summed E-state index contributed by atoms with van der Waals surface area (Å²) in [6, 6.07) is 11.6. The molecule has 2 aromatic carbocycles. The van der Waals surface area contributed by atoms with Gasteiger partial charge in [0.25, 0.3) is 0 Å². The third-order valence-electron chi connectivity index (χ3n) is 7.17. The number of sulfonamides is 1. The van der Waals surface area contributed by atoms with Gasteiger partial charge in [0.1, 0.15) is 17.5 Å². The molecule has 0 bridgehead atoms. The minimum Gasteiger partial charge on any atom is -0.497 e. The summed E-state index contributed by atoms with van der Waals surface area (Å²) >= 11 is 6.23. The maximum absolute atomic E-state index is 13.6. The molecular formula is C29H40ClN3O6S. The van der Waals surface area contributed by atoms with Crippen LogP contribution in [-0.4, -0.2) is 64.2 Å². The third kappa shape index (κ3) is 8.51. The van der Waals surface area contributed by atoms with Gasteiger partial charge in [0.15, 0.2) is 0 Å². The predicted octanol–water partition coefficient (Wildman–Crippen LogP) is 4.77. The monoisotopic (exact) mass is 593 g/mol. The maximum Gasteiger partial charge on any atom is 0.243 e. The van der Waals surface area contributed by atoms with Gasteiger partial charge in [-0.05, 0) is 61.6 Å². The minimum absolute atomic E-state index is 0.0687. The summed E-state index contributed by atoms with van der Waals surface area (Å²) in [6.07, 6.45) is 5.98. The number of rotatable bonds is 14. The Hall–Kier alpha value is -2.98. The Balaban J connectivity index is 1.77. The first-order chi connectivity index (χ1) is 19.1. The Labute approximate surface area is 242 Å². The number of nitrogens with zero attached hydrogens (tertiary/aromatic N) is 2. The number of ether oxygens (including phenoxy) is 2. The van der Waals surface area contributed by atoms with Crippen molar-refractivity contribution < 1.29 is 27.5 Å². The molecule has 0 unspecified atom stereocenters. The smallest absolute Gasteiger partial charge is 0.243 e. The fourth-order valence-corrected chi connectivity index (χ4v) is 6.24. The second-order valence-electron chi connectivity index (χ2n) is 10.0. The molecule has 40 heavy (non-hydrogen) atoms.